The van der Waals surface area contributed by atoms with Crippen LogP contribution in [-0.2, 0) is 7.05 Å². The van der Waals surface area contributed by atoms with Crippen molar-refractivity contribution in [3.63, 3.8) is 0 Å². The number of benzene rings is 1. The number of likely N-dealkylation sites (tertiary alicyclic amines) is 1. The van der Waals surface area contributed by atoms with Crippen molar-refractivity contribution < 1.29 is 4.79 Å². The lowest BCUT2D eigenvalue weighted by atomic mass is 9.99. The summed E-state index contributed by atoms with van der Waals surface area (Å²) in [6, 6.07) is 10.3. The maximum Gasteiger partial charge on any atom is 0.272 e. The minimum absolute atomic E-state index is 0.0794. The predicted octanol–water partition coefficient (Wildman–Crippen LogP) is 2.71. The Bertz CT molecular complexity index is 632. The van der Waals surface area contributed by atoms with Gasteiger partial charge in [-0.1, -0.05) is 24.3 Å². The van der Waals surface area contributed by atoms with Crippen LogP contribution in [0, 0.1) is 6.92 Å². The van der Waals surface area contributed by atoms with Gasteiger partial charge in [0.2, 0.25) is 0 Å². The first-order valence-corrected chi connectivity index (χ1v) is 7.03. The maximum absolute atomic E-state index is 12.7. The zero-order valence-electron chi connectivity index (χ0n) is 11.9. The van der Waals surface area contributed by atoms with E-state index < -0.39 is 0 Å². The zero-order chi connectivity index (χ0) is 14.1. The first kappa shape index (κ1) is 12.9. The number of rotatable bonds is 2. The van der Waals surface area contributed by atoms with Crippen molar-refractivity contribution in [2.45, 2.75) is 25.8 Å². The molecule has 1 aromatic heterocycles. The van der Waals surface area contributed by atoms with Gasteiger partial charge in [0.1, 0.15) is 5.69 Å². The van der Waals surface area contributed by atoms with Crippen molar-refractivity contribution in [1.82, 2.24) is 14.7 Å². The molecule has 20 heavy (non-hydrogen) atoms. The predicted molar refractivity (Wildman–Crippen MR) is 77.4 cm³/mol. The smallest absolute Gasteiger partial charge is 0.272 e. The number of carbonyl (C=O) groups is 1. The molecular formula is C16H19N3O. The Morgan fingerprint density at radius 1 is 1.30 bits per heavy atom. The van der Waals surface area contributed by atoms with Gasteiger partial charge in [-0.25, -0.2) is 0 Å². The fraction of sp³-hybridized carbons (Fsp3) is 0.375. The molecule has 1 aliphatic heterocycles. The molecule has 3 rings (SSSR count). The molecular weight excluding hydrogens is 250 g/mol. The first-order chi connectivity index (χ1) is 9.68. The molecule has 1 fully saturated rings. The van der Waals surface area contributed by atoms with Crippen LogP contribution in [0.5, 0.6) is 0 Å². The highest BCUT2D eigenvalue weighted by Crippen LogP contribution is 2.34. The second-order valence-electron chi connectivity index (χ2n) is 5.35. The SMILES string of the molecule is Cc1ccccc1[C@H]1CCCN1C(=O)c1ccnn1C. The lowest BCUT2D eigenvalue weighted by molar-refractivity contribution is 0.0724. The van der Waals surface area contributed by atoms with Crippen LogP contribution in [0.15, 0.2) is 36.5 Å². The van der Waals surface area contributed by atoms with E-state index in [0.29, 0.717) is 5.69 Å². The fourth-order valence-corrected chi connectivity index (χ4v) is 3.02. The summed E-state index contributed by atoms with van der Waals surface area (Å²) in [7, 11) is 1.81. The van der Waals surface area contributed by atoms with Gasteiger partial charge in [0.15, 0.2) is 0 Å². The third kappa shape index (κ3) is 2.11. The Labute approximate surface area is 119 Å². The van der Waals surface area contributed by atoms with Gasteiger partial charge in [0, 0.05) is 19.8 Å². The minimum atomic E-state index is 0.0794. The van der Waals surface area contributed by atoms with Crippen molar-refractivity contribution in [3.05, 3.63) is 53.3 Å². The summed E-state index contributed by atoms with van der Waals surface area (Å²) in [5.41, 5.74) is 3.17. The van der Waals surface area contributed by atoms with Crippen LogP contribution in [0.1, 0.15) is 40.5 Å². The molecule has 1 aliphatic rings. The number of hydrogen-bond donors (Lipinski definition) is 0. The second kappa shape index (κ2) is 5.12. The molecule has 2 aromatic rings. The first-order valence-electron chi connectivity index (χ1n) is 7.03. The molecule has 104 valence electrons. The van der Waals surface area contributed by atoms with Gasteiger partial charge in [0.25, 0.3) is 5.91 Å². The van der Waals surface area contributed by atoms with E-state index in [0.717, 1.165) is 19.4 Å². The van der Waals surface area contributed by atoms with Crippen LogP contribution in [0.2, 0.25) is 0 Å². The maximum atomic E-state index is 12.7. The zero-order valence-corrected chi connectivity index (χ0v) is 11.9. The summed E-state index contributed by atoms with van der Waals surface area (Å²) in [5.74, 6) is 0.0794. The van der Waals surface area contributed by atoms with E-state index in [1.54, 1.807) is 16.9 Å². The molecule has 0 saturated carbocycles. The number of nitrogens with zero attached hydrogens (tertiary/aromatic N) is 3. The van der Waals surface area contributed by atoms with Gasteiger partial charge in [-0.3, -0.25) is 9.48 Å². The normalized spacial score (nSPS) is 18.5. The third-order valence-electron chi connectivity index (χ3n) is 4.10. The Morgan fingerprint density at radius 2 is 2.10 bits per heavy atom. The highest BCUT2D eigenvalue weighted by Gasteiger charge is 2.32. The second-order valence-corrected chi connectivity index (χ2v) is 5.35. The number of aryl methyl sites for hydroxylation is 2. The molecule has 0 aliphatic carbocycles. The third-order valence-corrected chi connectivity index (χ3v) is 4.10. The van der Waals surface area contributed by atoms with Gasteiger partial charge in [-0.05, 0) is 37.0 Å². The van der Waals surface area contributed by atoms with E-state index >= 15 is 0 Å². The van der Waals surface area contributed by atoms with Crippen LogP contribution in [0.4, 0.5) is 0 Å². The van der Waals surface area contributed by atoms with E-state index in [-0.39, 0.29) is 11.9 Å². The Hall–Kier alpha value is -2.10. The van der Waals surface area contributed by atoms with E-state index in [1.807, 2.05) is 24.1 Å². The molecule has 1 atom stereocenters. The quantitative estimate of drug-likeness (QED) is 0.840. The minimum Gasteiger partial charge on any atom is -0.330 e. The molecule has 2 heterocycles. The van der Waals surface area contributed by atoms with Gasteiger partial charge in [-0.15, -0.1) is 0 Å². The summed E-state index contributed by atoms with van der Waals surface area (Å²) in [6.07, 6.45) is 3.77. The summed E-state index contributed by atoms with van der Waals surface area (Å²) in [5, 5.41) is 4.09. The van der Waals surface area contributed by atoms with Crippen LogP contribution < -0.4 is 0 Å². The molecule has 4 heteroatoms. The molecule has 0 radical (unpaired) electrons. The molecule has 0 spiro atoms. The number of hydrogen-bond acceptors (Lipinski definition) is 2. The van der Waals surface area contributed by atoms with E-state index in [2.05, 4.69) is 24.2 Å². The van der Waals surface area contributed by atoms with E-state index in [4.69, 9.17) is 0 Å². The van der Waals surface area contributed by atoms with Crippen LogP contribution in [0.25, 0.3) is 0 Å². The van der Waals surface area contributed by atoms with Crippen molar-refractivity contribution >= 4 is 5.91 Å². The molecule has 0 unspecified atom stereocenters. The highest BCUT2D eigenvalue weighted by molar-refractivity contribution is 5.93. The van der Waals surface area contributed by atoms with E-state index in [1.165, 1.54) is 11.1 Å². The number of aromatic nitrogens is 2. The monoisotopic (exact) mass is 269 g/mol. The standard InChI is InChI=1S/C16H19N3O/c1-12-6-3-4-7-13(12)14-8-5-11-19(14)16(20)15-9-10-17-18(15)2/h3-4,6-7,9-10,14H,5,8,11H2,1-2H3/t14-/m1/s1. The van der Waals surface area contributed by atoms with Gasteiger partial charge in [-0.2, -0.15) is 5.10 Å². The molecule has 0 N–H and O–H groups in total. The Morgan fingerprint density at radius 3 is 2.80 bits per heavy atom. The lowest BCUT2D eigenvalue weighted by Gasteiger charge is -2.26. The fourth-order valence-electron chi connectivity index (χ4n) is 3.02. The summed E-state index contributed by atoms with van der Waals surface area (Å²) in [6.45, 7) is 2.93. The van der Waals surface area contributed by atoms with Crippen LogP contribution >= 0.6 is 0 Å². The largest absolute Gasteiger partial charge is 0.330 e. The molecule has 0 bridgehead atoms. The van der Waals surface area contributed by atoms with Crippen molar-refractivity contribution in [1.29, 1.82) is 0 Å². The summed E-state index contributed by atoms with van der Waals surface area (Å²) in [4.78, 5) is 14.7. The Kier molecular flexibility index (Phi) is 3.30. The lowest BCUT2D eigenvalue weighted by Crippen LogP contribution is -2.32. The number of carbonyl (C=O) groups excluding carboxylic acids is 1. The Balaban J connectivity index is 1.92. The van der Waals surface area contributed by atoms with Crippen molar-refractivity contribution in [2.75, 3.05) is 6.54 Å². The van der Waals surface area contributed by atoms with Gasteiger partial charge < -0.3 is 4.90 Å². The van der Waals surface area contributed by atoms with Gasteiger partial charge in [0.05, 0.1) is 6.04 Å². The van der Waals surface area contributed by atoms with E-state index in [9.17, 15) is 4.79 Å². The van der Waals surface area contributed by atoms with Crippen LogP contribution in [0.3, 0.4) is 0 Å². The molecule has 1 amide bonds. The average molecular weight is 269 g/mol. The van der Waals surface area contributed by atoms with Crippen molar-refractivity contribution in [3.8, 4) is 0 Å². The molecule has 4 nitrogen and oxygen atoms in total. The average Bonchev–Trinajstić information content (AvgIpc) is 3.07. The van der Waals surface area contributed by atoms with Crippen molar-refractivity contribution in [2.24, 2.45) is 7.05 Å². The summed E-state index contributed by atoms with van der Waals surface area (Å²) < 4.78 is 1.65. The highest BCUT2D eigenvalue weighted by atomic mass is 16.2. The topological polar surface area (TPSA) is 38.1 Å². The summed E-state index contributed by atoms with van der Waals surface area (Å²) >= 11 is 0. The molecule has 1 saturated heterocycles. The number of amides is 1. The van der Waals surface area contributed by atoms with Gasteiger partial charge >= 0.3 is 0 Å². The molecule has 1 aromatic carbocycles. The van der Waals surface area contributed by atoms with Crippen LogP contribution in [-0.4, -0.2) is 27.1 Å².